The van der Waals surface area contributed by atoms with Crippen molar-refractivity contribution in [2.24, 2.45) is 4.99 Å². The molecule has 0 bridgehead atoms. The lowest BCUT2D eigenvalue weighted by Gasteiger charge is -2.21. The van der Waals surface area contributed by atoms with Crippen LogP contribution in [0.3, 0.4) is 0 Å². The van der Waals surface area contributed by atoms with Crippen molar-refractivity contribution in [1.82, 2.24) is 20.4 Å². The first kappa shape index (κ1) is 19.0. The van der Waals surface area contributed by atoms with Gasteiger partial charge in [-0.3, -0.25) is 0 Å². The predicted molar refractivity (Wildman–Crippen MR) is 103 cm³/mol. The van der Waals surface area contributed by atoms with E-state index in [9.17, 15) is 0 Å². The van der Waals surface area contributed by atoms with Gasteiger partial charge in [-0.15, -0.1) is 0 Å². The lowest BCUT2D eigenvalue weighted by atomic mass is 10.2. The van der Waals surface area contributed by atoms with E-state index < -0.39 is 0 Å². The van der Waals surface area contributed by atoms with E-state index in [0.717, 1.165) is 49.3 Å². The fraction of sp³-hybridized carbons (Fsp3) is 0.611. The summed E-state index contributed by atoms with van der Waals surface area (Å²) in [6, 6.07) is 7.86. The second kappa shape index (κ2) is 10.5. The largest absolute Gasteiger partial charge is 0.357 e. The van der Waals surface area contributed by atoms with Gasteiger partial charge in [0.25, 0.3) is 0 Å². The van der Waals surface area contributed by atoms with Crippen molar-refractivity contribution in [3.63, 3.8) is 0 Å². The smallest absolute Gasteiger partial charge is 0.191 e. The van der Waals surface area contributed by atoms with Crippen LogP contribution in [0.5, 0.6) is 0 Å². The average Bonchev–Trinajstić information content (AvgIpc) is 2.77. The van der Waals surface area contributed by atoms with Crippen LogP contribution in [0.15, 0.2) is 29.3 Å². The van der Waals surface area contributed by atoms with Gasteiger partial charge in [0, 0.05) is 37.7 Å². The molecule has 2 N–H and O–H groups in total. The number of hydrogen-bond donors (Lipinski definition) is 2. The van der Waals surface area contributed by atoms with Crippen molar-refractivity contribution in [2.45, 2.75) is 19.9 Å². The molecule has 2 rings (SSSR count). The van der Waals surface area contributed by atoms with Gasteiger partial charge in [0.05, 0.1) is 6.54 Å². The van der Waals surface area contributed by atoms with Gasteiger partial charge in [-0.25, -0.2) is 4.99 Å². The zero-order valence-corrected chi connectivity index (χ0v) is 15.6. The zero-order chi connectivity index (χ0) is 17.2. The van der Waals surface area contributed by atoms with Crippen LogP contribution in [0.25, 0.3) is 0 Å². The number of nitrogens with zero attached hydrogens (tertiary/aromatic N) is 3. The summed E-state index contributed by atoms with van der Waals surface area (Å²) in [5, 5.41) is 7.50. The van der Waals surface area contributed by atoms with Gasteiger partial charge >= 0.3 is 0 Å². The molecule has 1 heterocycles. The summed E-state index contributed by atoms with van der Waals surface area (Å²) in [6.45, 7) is 10.2. The Labute approximate surface area is 151 Å². The van der Waals surface area contributed by atoms with Crippen LogP contribution in [0, 0.1) is 0 Å². The summed E-state index contributed by atoms with van der Waals surface area (Å²) in [7, 11) is 2.20. The number of rotatable bonds is 6. The Morgan fingerprint density at radius 1 is 1.21 bits per heavy atom. The standard InChI is InChI=1S/C18H30ClN5/c1-3-20-18(22-15-16-6-4-7-17(19)14-16)21-8-11-24-10-5-9-23(2)12-13-24/h4,6-7,14H,3,5,8-13,15H2,1-2H3,(H2,20,21,22). The van der Waals surface area contributed by atoms with Crippen LogP contribution < -0.4 is 10.6 Å². The molecule has 1 fully saturated rings. The van der Waals surface area contributed by atoms with Gasteiger partial charge in [-0.05, 0) is 51.2 Å². The maximum atomic E-state index is 6.03. The molecule has 0 saturated carbocycles. The van der Waals surface area contributed by atoms with E-state index in [1.165, 1.54) is 19.5 Å². The maximum absolute atomic E-state index is 6.03. The van der Waals surface area contributed by atoms with Gasteiger partial charge in [-0.1, -0.05) is 23.7 Å². The van der Waals surface area contributed by atoms with Gasteiger partial charge in [0.15, 0.2) is 5.96 Å². The summed E-state index contributed by atoms with van der Waals surface area (Å²) in [5.74, 6) is 0.865. The molecule has 5 nitrogen and oxygen atoms in total. The van der Waals surface area contributed by atoms with Crippen molar-refractivity contribution < 1.29 is 0 Å². The first-order valence-electron chi connectivity index (χ1n) is 8.85. The van der Waals surface area contributed by atoms with Gasteiger partial charge in [0.2, 0.25) is 0 Å². The Bertz CT molecular complexity index is 520. The van der Waals surface area contributed by atoms with Crippen molar-refractivity contribution in [3.05, 3.63) is 34.9 Å². The van der Waals surface area contributed by atoms with Crippen molar-refractivity contribution in [2.75, 3.05) is 52.9 Å². The highest BCUT2D eigenvalue weighted by Crippen LogP contribution is 2.11. The summed E-state index contributed by atoms with van der Waals surface area (Å²) >= 11 is 6.03. The molecule has 1 aromatic carbocycles. The normalized spacial score (nSPS) is 17.5. The lowest BCUT2D eigenvalue weighted by Crippen LogP contribution is -2.42. The molecule has 0 spiro atoms. The molecule has 0 aliphatic carbocycles. The zero-order valence-electron chi connectivity index (χ0n) is 14.9. The summed E-state index contributed by atoms with van der Waals surface area (Å²) in [6.07, 6.45) is 1.25. The molecule has 6 heteroatoms. The summed E-state index contributed by atoms with van der Waals surface area (Å²) < 4.78 is 0. The number of likely N-dealkylation sites (N-methyl/N-ethyl adjacent to an activating group) is 1. The third kappa shape index (κ3) is 7.07. The van der Waals surface area contributed by atoms with E-state index in [-0.39, 0.29) is 0 Å². The summed E-state index contributed by atoms with van der Waals surface area (Å²) in [5.41, 5.74) is 1.12. The number of nitrogens with one attached hydrogen (secondary N) is 2. The quantitative estimate of drug-likeness (QED) is 0.608. The Kier molecular flexibility index (Phi) is 8.36. The molecule has 1 aromatic rings. The molecule has 134 valence electrons. The molecular formula is C18H30ClN5. The number of guanidine groups is 1. The van der Waals surface area contributed by atoms with E-state index in [2.05, 4.69) is 39.4 Å². The minimum absolute atomic E-state index is 0.629. The van der Waals surface area contributed by atoms with Gasteiger partial charge in [-0.2, -0.15) is 0 Å². The Morgan fingerprint density at radius 2 is 2.08 bits per heavy atom. The van der Waals surface area contributed by atoms with E-state index in [4.69, 9.17) is 11.6 Å². The summed E-state index contributed by atoms with van der Waals surface area (Å²) in [4.78, 5) is 9.58. The molecule has 0 unspecified atom stereocenters. The molecule has 1 aliphatic heterocycles. The van der Waals surface area contributed by atoms with Crippen LogP contribution >= 0.6 is 11.6 Å². The first-order valence-corrected chi connectivity index (χ1v) is 9.22. The lowest BCUT2D eigenvalue weighted by molar-refractivity contribution is 0.280. The van der Waals surface area contributed by atoms with E-state index in [1.807, 2.05) is 24.3 Å². The van der Waals surface area contributed by atoms with Crippen LogP contribution in [0.4, 0.5) is 0 Å². The van der Waals surface area contributed by atoms with E-state index in [1.54, 1.807) is 0 Å². The highest BCUT2D eigenvalue weighted by Gasteiger charge is 2.11. The predicted octanol–water partition coefficient (Wildman–Crippen LogP) is 2.03. The maximum Gasteiger partial charge on any atom is 0.191 e. The SMILES string of the molecule is CCNC(=NCc1cccc(Cl)c1)NCCN1CCCN(C)CC1. The first-order chi connectivity index (χ1) is 11.7. The monoisotopic (exact) mass is 351 g/mol. The van der Waals surface area contributed by atoms with Gasteiger partial charge in [0.1, 0.15) is 0 Å². The molecular weight excluding hydrogens is 322 g/mol. The molecule has 1 saturated heterocycles. The molecule has 24 heavy (non-hydrogen) atoms. The molecule has 0 atom stereocenters. The Hall–Kier alpha value is -1.30. The van der Waals surface area contributed by atoms with E-state index in [0.29, 0.717) is 6.54 Å². The minimum Gasteiger partial charge on any atom is -0.357 e. The van der Waals surface area contributed by atoms with Gasteiger partial charge < -0.3 is 20.4 Å². The van der Waals surface area contributed by atoms with Crippen LogP contribution in [-0.4, -0.2) is 68.6 Å². The van der Waals surface area contributed by atoms with Crippen LogP contribution in [0.1, 0.15) is 18.9 Å². The molecule has 0 amide bonds. The molecule has 0 radical (unpaired) electrons. The van der Waals surface area contributed by atoms with Crippen LogP contribution in [-0.2, 0) is 6.54 Å². The highest BCUT2D eigenvalue weighted by molar-refractivity contribution is 6.30. The number of benzene rings is 1. The highest BCUT2D eigenvalue weighted by atomic mass is 35.5. The van der Waals surface area contributed by atoms with Crippen LogP contribution in [0.2, 0.25) is 5.02 Å². The van der Waals surface area contributed by atoms with Crippen molar-refractivity contribution in [1.29, 1.82) is 0 Å². The second-order valence-electron chi connectivity index (χ2n) is 6.25. The number of hydrogen-bond acceptors (Lipinski definition) is 3. The third-order valence-corrected chi connectivity index (χ3v) is 4.42. The number of halogens is 1. The second-order valence-corrected chi connectivity index (χ2v) is 6.69. The Morgan fingerprint density at radius 3 is 2.88 bits per heavy atom. The number of aliphatic imine (C=N–C) groups is 1. The topological polar surface area (TPSA) is 42.9 Å². The van der Waals surface area contributed by atoms with E-state index >= 15 is 0 Å². The van der Waals surface area contributed by atoms with Crippen molar-refractivity contribution in [3.8, 4) is 0 Å². The molecule has 1 aliphatic rings. The van der Waals surface area contributed by atoms with Crippen molar-refractivity contribution >= 4 is 17.6 Å². The molecule has 0 aromatic heterocycles. The third-order valence-electron chi connectivity index (χ3n) is 4.19. The fourth-order valence-electron chi connectivity index (χ4n) is 2.80. The fourth-order valence-corrected chi connectivity index (χ4v) is 3.02. The minimum atomic E-state index is 0.629. The average molecular weight is 352 g/mol. The Balaban J connectivity index is 1.78.